The number of urea groups is 1. The number of fused-ring (bicyclic) bond motifs is 1. The molecular formula is C23H23N3O4S. The Labute approximate surface area is 184 Å². The number of aryl methyl sites for hydroxylation is 1. The molecule has 2 aromatic carbocycles. The largest absolute Gasteiger partial charge is 0.493 e. The molecule has 0 aliphatic carbocycles. The molecule has 0 radical (unpaired) electrons. The fourth-order valence-corrected chi connectivity index (χ4v) is 4.30. The van der Waals surface area contributed by atoms with E-state index >= 15 is 0 Å². The molecule has 2 N–H and O–H groups in total. The van der Waals surface area contributed by atoms with Gasteiger partial charge < -0.3 is 25.0 Å². The Morgan fingerprint density at radius 2 is 1.71 bits per heavy atom. The van der Waals surface area contributed by atoms with Crippen molar-refractivity contribution in [1.29, 1.82) is 0 Å². The number of ether oxygens (including phenoxy) is 2. The van der Waals surface area contributed by atoms with Crippen molar-refractivity contribution in [2.24, 2.45) is 0 Å². The Morgan fingerprint density at radius 1 is 0.968 bits per heavy atom. The summed E-state index contributed by atoms with van der Waals surface area (Å²) in [4.78, 5) is 27.8. The Hall–Kier alpha value is -3.52. The summed E-state index contributed by atoms with van der Waals surface area (Å²) in [6, 6.07) is 14.2. The summed E-state index contributed by atoms with van der Waals surface area (Å²) in [5.74, 6) is 1.14. The zero-order valence-electron chi connectivity index (χ0n) is 17.3. The summed E-state index contributed by atoms with van der Waals surface area (Å²) < 4.78 is 10.5. The van der Waals surface area contributed by atoms with Crippen LogP contribution in [0.2, 0.25) is 0 Å². The molecule has 160 valence electrons. The lowest BCUT2D eigenvalue weighted by Gasteiger charge is -2.29. The fraction of sp³-hybridized carbons (Fsp3) is 0.217. The highest BCUT2D eigenvalue weighted by Gasteiger charge is 2.24. The maximum absolute atomic E-state index is 12.8. The van der Waals surface area contributed by atoms with Crippen molar-refractivity contribution < 1.29 is 19.1 Å². The van der Waals surface area contributed by atoms with Gasteiger partial charge in [-0.3, -0.25) is 4.79 Å². The van der Waals surface area contributed by atoms with Crippen molar-refractivity contribution in [3.05, 3.63) is 64.4 Å². The number of carbonyl (C=O) groups is 2. The molecule has 0 saturated carbocycles. The number of amides is 3. The van der Waals surface area contributed by atoms with Gasteiger partial charge in [-0.2, -0.15) is 0 Å². The molecule has 0 fully saturated rings. The summed E-state index contributed by atoms with van der Waals surface area (Å²) in [5.41, 5.74) is 3.19. The average Bonchev–Trinajstić information content (AvgIpc) is 3.33. The molecule has 31 heavy (non-hydrogen) atoms. The molecule has 0 spiro atoms. The van der Waals surface area contributed by atoms with Crippen LogP contribution in [-0.4, -0.2) is 32.7 Å². The molecule has 3 amide bonds. The average molecular weight is 438 g/mol. The molecule has 8 heteroatoms. The van der Waals surface area contributed by atoms with Gasteiger partial charge in [0.1, 0.15) is 0 Å². The fourth-order valence-electron chi connectivity index (χ4n) is 3.63. The van der Waals surface area contributed by atoms with Crippen molar-refractivity contribution in [3.63, 3.8) is 0 Å². The maximum Gasteiger partial charge on any atom is 0.323 e. The van der Waals surface area contributed by atoms with Crippen LogP contribution in [0.3, 0.4) is 0 Å². The monoisotopic (exact) mass is 437 g/mol. The molecule has 4 rings (SSSR count). The number of anilines is 3. The molecule has 1 aliphatic rings. The van der Waals surface area contributed by atoms with E-state index in [1.807, 2.05) is 40.6 Å². The van der Waals surface area contributed by atoms with Gasteiger partial charge in [-0.25, -0.2) is 4.79 Å². The van der Waals surface area contributed by atoms with E-state index in [1.165, 1.54) is 11.3 Å². The standard InChI is InChI=1S/C23H23N3O4S/c1-29-19-10-8-17(14-20(19)30-2)25-23(28)24-16-7-9-18-15(13-16)5-3-11-26(18)22(27)21-6-4-12-31-21/h4,6-10,12-14H,3,5,11H2,1-2H3,(H2,24,25,28). The summed E-state index contributed by atoms with van der Waals surface area (Å²) in [6.07, 6.45) is 1.74. The zero-order valence-corrected chi connectivity index (χ0v) is 18.1. The molecule has 3 aromatic rings. The summed E-state index contributed by atoms with van der Waals surface area (Å²) in [6.45, 7) is 0.691. The highest BCUT2D eigenvalue weighted by Crippen LogP contribution is 2.32. The molecule has 0 atom stereocenters. The van der Waals surface area contributed by atoms with E-state index in [0.29, 0.717) is 29.4 Å². The van der Waals surface area contributed by atoms with Crippen LogP contribution >= 0.6 is 11.3 Å². The first-order chi connectivity index (χ1) is 15.1. The third-order valence-corrected chi connectivity index (χ3v) is 5.93. The number of rotatable bonds is 5. The van der Waals surface area contributed by atoms with Crippen LogP contribution in [-0.2, 0) is 6.42 Å². The first-order valence-corrected chi connectivity index (χ1v) is 10.8. The van der Waals surface area contributed by atoms with E-state index < -0.39 is 0 Å². The van der Waals surface area contributed by atoms with Crippen LogP contribution in [0.1, 0.15) is 21.7 Å². The van der Waals surface area contributed by atoms with Crippen LogP contribution in [0.4, 0.5) is 21.9 Å². The third-order valence-electron chi connectivity index (χ3n) is 5.07. The van der Waals surface area contributed by atoms with E-state index in [2.05, 4.69) is 10.6 Å². The first-order valence-electron chi connectivity index (χ1n) is 9.87. The van der Waals surface area contributed by atoms with E-state index in [1.54, 1.807) is 32.4 Å². The van der Waals surface area contributed by atoms with Crippen LogP contribution < -0.4 is 25.0 Å². The predicted molar refractivity (Wildman–Crippen MR) is 123 cm³/mol. The topological polar surface area (TPSA) is 79.9 Å². The normalized spacial score (nSPS) is 12.6. The van der Waals surface area contributed by atoms with Gasteiger partial charge >= 0.3 is 6.03 Å². The molecule has 0 bridgehead atoms. The lowest BCUT2D eigenvalue weighted by molar-refractivity contribution is 0.0989. The Bertz CT molecular complexity index is 1100. The van der Waals surface area contributed by atoms with E-state index in [0.717, 1.165) is 29.0 Å². The van der Waals surface area contributed by atoms with Crippen molar-refractivity contribution in [2.45, 2.75) is 12.8 Å². The number of thiophene rings is 1. The molecule has 0 saturated heterocycles. The van der Waals surface area contributed by atoms with Crippen molar-refractivity contribution in [3.8, 4) is 11.5 Å². The van der Waals surface area contributed by atoms with Gasteiger partial charge in [0.15, 0.2) is 11.5 Å². The van der Waals surface area contributed by atoms with E-state index in [-0.39, 0.29) is 11.9 Å². The summed E-state index contributed by atoms with van der Waals surface area (Å²) in [7, 11) is 3.10. The molecule has 1 aromatic heterocycles. The molecular weight excluding hydrogens is 414 g/mol. The predicted octanol–water partition coefficient (Wildman–Crippen LogP) is 5.00. The van der Waals surface area contributed by atoms with Crippen molar-refractivity contribution >= 4 is 40.3 Å². The van der Waals surface area contributed by atoms with Crippen LogP contribution in [0, 0.1) is 0 Å². The van der Waals surface area contributed by atoms with Crippen LogP contribution in [0.25, 0.3) is 0 Å². The molecule has 1 aliphatic heterocycles. The smallest absolute Gasteiger partial charge is 0.323 e. The molecule has 2 heterocycles. The van der Waals surface area contributed by atoms with Gasteiger partial charge in [-0.05, 0) is 60.2 Å². The number of nitrogens with zero attached hydrogens (tertiary/aromatic N) is 1. The number of carbonyl (C=O) groups excluding carboxylic acids is 2. The molecule has 7 nitrogen and oxygen atoms in total. The van der Waals surface area contributed by atoms with Gasteiger partial charge in [-0.1, -0.05) is 6.07 Å². The highest BCUT2D eigenvalue weighted by molar-refractivity contribution is 7.12. The van der Waals surface area contributed by atoms with Crippen molar-refractivity contribution in [2.75, 3.05) is 36.3 Å². The Kier molecular flexibility index (Phi) is 6.08. The van der Waals surface area contributed by atoms with Crippen molar-refractivity contribution in [1.82, 2.24) is 0 Å². The number of benzene rings is 2. The zero-order chi connectivity index (χ0) is 21.8. The third kappa shape index (κ3) is 4.49. The number of hydrogen-bond donors (Lipinski definition) is 2. The minimum atomic E-state index is -0.366. The van der Waals surface area contributed by atoms with Gasteiger partial charge in [0.05, 0.1) is 19.1 Å². The van der Waals surface area contributed by atoms with E-state index in [9.17, 15) is 9.59 Å². The Balaban J connectivity index is 1.47. The first kappa shape index (κ1) is 20.7. The van der Waals surface area contributed by atoms with Gasteiger partial charge in [-0.15, -0.1) is 11.3 Å². The summed E-state index contributed by atoms with van der Waals surface area (Å²) >= 11 is 1.44. The minimum absolute atomic E-state index is 0.0165. The van der Waals surface area contributed by atoms with Crippen LogP contribution in [0.5, 0.6) is 11.5 Å². The summed E-state index contributed by atoms with van der Waals surface area (Å²) in [5, 5.41) is 7.55. The highest BCUT2D eigenvalue weighted by atomic mass is 32.1. The van der Waals surface area contributed by atoms with Gasteiger partial charge in [0, 0.05) is 29.7 Å². The maximum atomic E-state index is 12.8. The minimum Gasteiger partial charge on any atom is -0.493 e. The number of nitrogens with one attached hydrogen (secondary N) is 2. The molecule has 0 unspecified atom stereocenters. The second-order valence-corrected chi connectivity index (χ2v) is 7.98. The Morgan fingerprint density at radius 3 is 2.42 bits per heavy atom. The number of methoxy groups -OCH3 is 2. The lowest BCUT2D eigenvalue weighted by Crippen LogP contribution is -2.35. The second-order valence-electron chi connectivity index (χ2n) is 7.03. The van der Waals surface area contributed by atoms with Gasteiger partial charge in [0.25, 0.3) is 5.91 Å². The van der Waals surface area contributed by atoms with E-state index in [4.69, 9.17) is 9.47 Å². The SMILES string of the molecule is COc1ccc(NC(=O)Nc2ccc3c(c2)CCCN3C(=O)c2cccs2)cc1OC. The van der Waals surface area contributed by atoms with Gasteiger partial charge in [0.2, 0.25) is 0 Å². The second kappa shape index (κ2) is 9.09. The van der Waals surface area contributed by atoms with Crippen LogP contribution in [0.15, 0.2) is 53.9 Å². The quantitative estimate of drug-likeness (QED) is 0.589. The number of hydrogen-bond acceptors (Lipinski definition) is 5. The lowest BCUT2D eigenvalue weighted by atomic mass is 10.0.